The van der Waals surface area contributed by atoms with E-state index in [0.29, 0.717) is 12.6 Å². The maximum absolute atomic E-state index is 13.4. The molecule has 1 aliphatic heterocycles. The monoisotopic (exact) mass is 369 g/mol. The second kappa shape index (κ2) is 7.15. The number of piperidine rings is 1. The number of H-pyrrole nitrogens is 1. The van der Waals surface area contributed by atoms with Gasteiger partial charge in [0.25, 0.3) is 0 Å². The van der Waals surface area contributed by atoms with Gasteiger partial charge in [-0.1, -0.05) is 0 Å². The number of likely N-dealkylation sites (N-methyl/N-ethyl adjacent to an activating group) is 1. The van der Waals surface area contributed by atoms with Crippen LogP contribution >= 0.6 is 0 Å². The third kappa shape index (κ3) is 3.60. The Kier molecular flexibility index (Phi) is 4.70. The number of rotatable bonds is 4. The van der Waals surface area contributed by atoms with Crippen LogP contribution in [-0.2, 0) is 4.79 Å². The molecule has 0 unspecified atom stereocenters. The number of fused-ring (bicyclic) bond motifs is 1. The molecule has 1 aromatic carbocycles. The summed E-state index contributed by atoms with van der Waals surface area (Å²) >= 11 is 0. The summed E-state index contributed by atoms with van der Waals surface area (Å²) < 4.78 is 15.4. The van der Waals surface area contributed by atoms with Gasteiger partial charge in [0.1, 0.15) is 5.82 Å². The van der Waals surface area contributed by atoms with Gasteiger partial charge in [0.05, 0.1) is 18.8 Å². The maximum Gasteiger partial charge on any atom is 0.236 e. The van der Waals surface area contributed by atoms with Crippen molar-refractivity contribution in [3.05, 3.63) is 42.6 Å². The summed E-state index contributed by atoms with van der Waals surface area (Å²) in [6.07, 6.45) is 7.61. The van der Waals surface area contributed by atoms with Crippen LogP contribution in [0, 0.1) is 5.82 Å². The molecule has 1 amide bonds. The molecule has 1 N–H and O–H groups in total. The molecule has 7 heteroatoms. The fourth-order valence-electron chi connectivity index (χ4n) is 3.76. The minimum Gasteiger partial charge on any atom is -0.360 e. The predicted octanol–water partition coefficient (Wildman–Crippen LogP) is 2.90. The predicted molar refractivity (Wildman–Crippen MR) is 103 cm³/mol. The zero-order chi connectivity index (χ0) is 19.0. The van der Waals surface area contributed by atoms with Crippen molar-refractivity contribution in [3.63, 3.8) is 0 Å². The van der Waals surface area contributed by atoms with Crippen molar-refractivity contribution >= 4 is 16.8 Å². The number of halogens is 1. The maximum atomic E-state index is 13.4. The lowest BCUT2D eigenvalue weighted by Crippen LogP contribution is -2.43. The van der Waals surface area contributed by atoms with Gasteiger partial charge < -0.3 is 14.8 Å². The summed E-state index contributed by atoms with van der Waals surface area (Å²) in [6.45, 7) is 1.98. The van der Waals surface area contributed by atoms with Crippen LogP contribution in [-0.4, -0.2) is 64.2 Å². The van der Waals surface area contributed by atoms with E-state index in [2.05, 4.69) is 10.1 Å². The van der Waals surface area contributed by atoms with Crippen LogP contribution < -0.4 is 0 Å². The first-order valence-corrected chi connectivity index (χ1v) is 9.25. The Balaban J connectivity index is 1.46. The van der Waals surface area contributed by atoms with Crippen LogP contribution in [0.4, 0.5) is 4.39 Å². The van der Waals surface area contributed by atoms with Crippen LogP contribution in [0.25, 0.3) is 22.0 Å². The molecule has 1 saturated heterocycles. The van der Waals surface area contributed by atoms with Crippen LogP contribution in [0.5, 0.6) is 0 Å². The normalized spacial score (nSPS) is 15.8. The Morgan fingerprint density at radius 1 is 1.33 bits per heavy atom. The second-order valence-corrected chi connectivity index (χ2v) is 7.45. The van der Waals surface area contributed by atoms with Crippen LogP contribution in [0.3, 0.4) is 0 Å². The average Bonchev–Trinajstić information content (AvgIpc) is 3.27. The van der Waals surface area contributed by atoms with E-state index in [1.165, 1.54) is 12.1 Å². The van der Waals surface area contributed by atoms with Crippen molar-refractivity contribution in [2.75, 3.05) is 33.7 Å². The van der Waals surface area contributed by atoms with Gasteiger partial charge in [-0.15, -0.1) is 0 Å². The molecular weight excluding hydrogens is 345 g/mol. The fourth-order valence-corrected chi connectivity index (χ4v) is 3.76. The first-order chi connectivity index (χ1) is 13.0. The van der Waals surface area contributed by atoms with Gasteiger partial charge in [-0.2, -0.15) is 5.10 Å². The van der Waals surface area contributed by atoms with E-state index in [9.17, 15) is 9.18 Å². The van der Waals surface area contributed by atoms with Crippen molar-refractivity contribution in [3.8, 4) is 11.1 Å². The largest absolute Gasteiger partial charge is 0.360 e. The van der Waals surface area contributed by atoms with Crippen LogP contribution in [0.15, 0.2) is 36.8 Å². The molecule has 3 aromatic rings. The van der Waals surface area contributed by atoms with Crippen molar-refractivity contribution in [1.29, 1.82) is 0 Å². The molecule has 0 spiro atoms. The molecule has 1 fully saturated rings. The minimum absolute atomic E-state index is 0.186. The van der Waals surface area contributed by atoms with Gasteiger partial charge in [0.2, 0.25) is 5.91 Å². The molecule has 0 radical (unpaired) electrons. The Bertz CT molecular complexity index is 952. The number of carbonyl (C=O) groups excluding carboxylic acids is 1. The zero-order valence-electron chi connectivity index (χ0n) is 15.7. The molecule has 142 valence electrons. The van der Waals surface area contributed by atoms with Crippen molar-refractivity contribution in [2.45, 2.75) is 18.9 Å². The lowest BCUT2D eigenvalue weighted by molar-refractivity contribution is -0.133. The van der Waals surface area contributed by atoms with Crippen LogP contribution in [0.2, 0.25) is 0 Å². The molecule has 6 nitrogen and oxygen atoms in total. The van der Waals surface area contributed by atoms with E-state index < -0.39 is 0 Å². The first kappa shape index (κ1) is 17.7. The highest BCUT2D eigenvalue weighted by Gasteiger charge is 2.24. The van der Waals surface area contributed by atoms with Gasteiger partial charge in [-0.3, -0.25) is 9.48 Å². The number of hydrogen-bond donors (Lipinski definition) is 1. The molecule has 2 aromatic heterocycles. The first-order valence-electron chi connectivity index (χ1n) is 9.25. The SMILES string of the molecule is CN(C)CC(=O)N1CCC(n2cc(-c3c[nH]c4cc(F)ccc34)cn2)CC1. The Hall–Kier alpha value is -2.67. The Morgan fingerprint density at radius 2 is 2.11 bits per heavy atom. The summed E-state index contributed by atoms with van der Waals surface area (Å²) in [5.41, 5.74) is 2.82. The summed E-state index contributed by atoms with van der Waals surface area (Å²) in [5.74, 6) is -0.0622. The Labute approximate surface area is 157 Å². The summed E-state index contributed by atoms with van der Waals surface area (Å²) in [7, 11) is 3.82. The number of likely N-dealkylation sites (tertiary alicyclic amines) is 1. The minimum atomic E-state index is -0.248. The number of aromatic amines is 1. The standard InChI is InChI=1S/C20H24FN5O/c1-24(2)13-20(27)25-7-5-16(6-8-25)26-12-14(10-23-26)18-11-22-19-9-15(21)3-4-17(18)19/h3-4,9-12,16,22H,5-8,13H2,1-2H3. The third-order valence-electron chi connectivity index (χ3n) is 5.20. The number of amides is 1. The summed E-state index contributed by atoms with van der Waals surface area (Å²) in [4.78, 5) is 19.2. The smallest absolute Gasteiger partial charge is 0.236 e. The van der Waals surface area contributed by atoms with Gasteiger partial charge in [-0.05, 0) is 45.1 Å². The number of carbonyl (C=O) groups is 1. The van der Waals surface area contributed by atoms with Gasteiger partial charge in [-0.25, -0.2) is 4.39 Å². The summed E-state index contributed by atoms with van der Waals surface area (Å²) in [6, 6.07) is 5.07. The fraction of sp³-hybridized carbons (Fsp3) is 0.400. The third-order valence-corrected chi connectivity index (χ3v) is 5.20. The zero-order valence-corrected chi connectivity index (χ0v) is 15.7. The molecule has 0 aliphatic carbocycles. The van der Waals surface area contributed by atoms with Gasteiger partial charge in [0.15, 0.2) is 0 Å². The molecule has 3 heterocycles. The van der Waals surface area contributed by atoms with E-state index in [0.717, 1.165) is 48.0 Å². The van der Waals surface area contributed by atoms with E-state index in [1.54, 1.807) is 6.07 Å². The lowest BCUT2D eigenvalue weighted by Gasteiger charge is -2.32. The molecule has 4 rings (SSSR count). The summed E-state index contributed by atoms with van der Waals surface area (Å²) in [5, 5.41) is 5.54. The number of nitrogens with zero attached hydrogens (tertiary/aromatic N) is 4. The van der Waals surface area contributed by atoms with E-state index in [-0.39, 0.29) is 11.7 Å². The number of aromatic nitrogens is 3. The molecule has 27 heavy (non-hydrogen) atoms. The molecular formula is C20H24FN5O. The lowest BCUT2D eigenvalue weighted by atomic mass is 10.0. The van der Waals surface area contributed by atoms with E-state index in [4.69, 9.17) is 0 Å². The van der Waals surface area contributed by atoms with Crippen molar-refractivity contribution < 1.29 is 9.18 Å². The van der Waals surface area contributed by atoms with E-state index in [1.807, 2.05) is 47.2 Å². The van der Waals surface area contributed by atoms with Crippen molar-refractivity contribution in [2.24, 2.45) is 0 Å². The molecule has 1 aliphatic rings. The molecule has 0 saturated carbocycles. The highest BCUT2D eigenvalue weighted by atomic mass is 19.1. The second-order valence-electron chi connectivity index (χ2n) is 7.45. The van der Waals surface area contributed by atoms with Crippen molar-refractivity contribution in [1.82, 2.24) is 24.6 Å². The quantitative estimate of drug-likeness (QED) is 0.769. The number of hydrogen-bond acceptors (Lipinski definition) is 3. The highest BCUT2D eigenvalue weighted by molar-refractivity contribution is 5.95. The highest BCUT2D eigenvalue weighted by Crippen LogP contribution is 2.30. The number of benzene rings is 1. The topological polar surface area (TPSA) is 57.2 Å². The van der Waals surface area contributed by atoms with Crippen LogP contribution in [0.1, 0.15) is 18.9 Å². The van der Waals surface area contributed by atoms with E-state index >= 15 is 0 Å². The average molecular weight is 369 g/mol. The number of nitrogens with one attached hydrogen (secondary N) is 1. The Morgan fingerprint density at radius 3 is 2.85 bits per heavy atom. The molecule has 0 bridgehead atoms. The molecule has 0 atom stereocenters. The van der Waals surface area contributed by atoms with Gasteiger partial charge in [0, 0.05) is 47.5 Å². The van der Waals surface area contributed by atoms with Gasteiger partial charge >= 0.3 is 0 Å².